The van der Waals surface area contributed by atoms with Crippen LogP contribution >= 0.6 is 11.3 Å². The summed E-state index contributed by atoms with van der Waals surface area (Å²) in [7, 11) is 0. The Bertz CT molecular complexity index is 870. The van der Waals surface area contributed by atoms with Gasteiger partial charge < -0.3 is 5.32 Å². The first-order valence-electron chi connectivity index (χ1n) is 7.39. The van der Waals surface area contributed by atoms with Gasteiger partial charge in [-0.05, 0) is 22.9 Å². The quantitative estimate of drug-likeness (QED) is 0.782. The third kappa shape index (κ3) is 3.48. The largest absolute Gasteiger partial charge is 0.354 e. The molecule has 0 spiro atoms. The monoisotopic (exact) mass is 327 g/mol. The van der Waals surface area contributed by atoms with Gasteiger partial charge in [0.05, 0.1) is 11.8 Å². The Kier molecular flexibility index (Phi) is 4.52. The molecule has 0 fully saturated rings. The lowest BCUT2D eigenvalue weighted by Crippen LogP contribution is -2.34. The first-order valence-corrected chi connectivity index (χ1v) is 8.27. The Morgan fingerprint density at radius 1 is 1.30 bits per heavy atom. The number of amides is 1. The van der Waals surface area contributed by atoms with Crippen molar-refractivity contribution in [2.45, 2.75) is 19.4 Å². The smallest absolute Gasteiger partial charge is 0.271 e. The average Bonchev–Trinajstić information content (AvgIpc) is 3.05. The van der Waals surface area contributed by atoms with E-state index in [1.807, 2.05) is 35.7 Å². The minimum Gasteiger partial charge on any atom is -0.354 e. The van der Waals surface area contributed by atoms with Gasteiger partial charge in [-0.1, -0.05) is 37.3 Å². The molecule has 1 N–H and O–H groups in total. The Balaban J connectivity index is 1.62. The van der Waals surface area contributed by atoms with E-state index in [2.05, 4.69) is 17.2 Å². The van der Waals surface area contributed by atoms with Crippen LogP contribution in [0, 0.1) is 0 Å². The van der Waals surface area contributed by atoms with Crippen LogP contribution in [0.25, 0.3) is 10.2 Å². The third-order valence-electron chi connectivity index (χ3n) is 3.72. The molecule has 0 radical (unpaired) electrons. The van der Waals surface area contributed by atoms with E-state index in [4.69, 9.17) is 0 Å². The van der Waals surface area contributed by atoms with Crippen LogP contribution in [0.15, 0.2) is 52.9 Å². The molecule has 0 aliphatic rings. The molecule has 0 saturated carbocycles. The predicted molar refractivity (Wildman–Crippen MR) is 91.7 cm³/mol. The van der Waals surface area contributed by atoms with Crippen molar-refractivity contribution in [3.05, 3.63) is 64.0 Å². The van der Waals surface area contributed by atoms with Gasteiger partial charge in [0, 0.05) is 6.54 Å². The molecule has 3 rings (SSSR count). The molecule has 118 valence electrons. The molecular formula is C17H17N3O2S. The van der Waals surface area contributed by atoms with Crippen molar-refractivity contribution >= 4 is 27.5 Å². The molecule has 1 atom stereocenters. The van der Waals surface area contributed by atoms with Crippen molar-refractivity contribution in [1.29, 1.82) is 0 Å². The molecule has 1 amide bonds. The summed E-state index contributed by atoms with van der Waals surface area (Å²) in [5.74, 6) is 0.0300. The molecule has 23 heavy (non-hydrogen) atoms. The summed E-state index contributed by atoms with van der Waals surface area (Å²) in [5, 5.41) is 4.70. The third-order valence-corrected chi connectivity index (χ3v) is 4.62. The van der Waals surface area contributed by atoms with E-state index in [1.165, 1.54) is 27.8 Å². The van der Waals surface area contributed by atoms with Gasteiger partial charge in [-0.25, -0.2) is 4.98 Å². The molecule has 0 aliphatic carbocycles. The van der Waals surface area contributed by atoms with Crippen molar-refractivity contribution in [3.8, 4) is 0 Å². The molecule has 3 aromatic rings. The number of rotatable bonds is 5. The van der Waals surface area contributed by atoms with Gasteiger partial charge in [-0.3, -0.25) is 14.2 Å². The number of hydrogen-bond acceptors (Lipinski definition) is 4. The minimum atomic E-state index is -0.187. The van der Waals surface area contributed by atoms with Gasteiger partial charge in [-0.2, -0.15) is 0 Å². The number of thiophene rings is 1. The van der Waals surface area contributed by atoms with Gasteiger partial charge in [0.15, 0.2) is 0 Å². The zero-order chi connectivity index (χ0) is 16.2. The summed E-state index contributed by atoms with van der Waals surface area (Å²) in [5.41, 5.74) is 1.68. The van der Waals surface area contributed by atoms with E-state index in [0.717, 1.165) is 0 Å². The van der Waals surface area contributed by atoms with Crippen molar-refractivity contribution in [2.24, 2.45) is 0 Å². The number of nitrogens with zero attached hydrogens (tertiary/aromatic N) is 2. The van der Waals surface area contributed by atoms with Crippen molar-refractivity contribution in [1.82, 2.24) is 14.9 Å². The van der Waals surface area contributed by atoms with Crippen LogP contribution < -0.4 is 10.9 Å². The fourth-order valence-corrected chi connectivity index (χ4v) is 3.16. The number of carbonyl (C=O) groups excluding carboxylic acids is 1. The standard InChI is InChI=1S/C17H17N3O2S/c1-12(13-5-3-2-4-6-13)9-18-15(21)10-20-11-19-14-7-8-23-16(14)17(20)22/h2-8,11-12H,9-10H2,1H3,(H,18,21)/t12-/m1/s1. The maximum atomic E-state index is 12.2. The molecule has 0 unspecified atom stereocenters. The second-order valence-electron chi connectivity index (χ2n) is 5.43. The lowest BCUT2D eigenvalue weighted by atomic mass is 10.0. The average molecular weight is 327 g/mol. The van der Waals surface area contributed by atoms with Gasteiger partial charge >= 0.3 is 0 Å². The Morgan fingerprint density at radius 2 is 2.09 bits per heavy atom. The number of fused-ring (bicyclic) bond motifs is 1. The second kappa shape index (κ2) is 6.75. The Hall–Kier alpha value is -2.47. The van der Waals surface area contributed by atoms with Gasteiger partial charge in [0.25, 0.3) is 5.56 Å². The highest BCUT2D eigenvalue weighted by molar-refractivity contribution is 7.17. The molecule has 1 aromatic carbocycles. The summed E-state index contributed by atoms with van der Waals surface area (Å²) in [6.45, 7) is 2.58. The summed E-state index contributed by atoms with van der Waals surface area (Å²) in [6, 6.07) is 11.8. The Labute approximate surface area is 137 Å². The van der Waals surface area contributed by atoms with E-state index < -0.39 is 0 Å². The molecule has 2 heterocycles. The van der Waals surface area contributed by atoms with Gasteiger partial charge in [0.1, 0.15) is 11.2 Å². The normalized spacial score (nSPS) is 12.2. The fraction of sp³-hybridized carbons (Fsp3) is 0.235. The maximum absolute atomic E-state index is 12.2. The van der Waals surface area contributed by atoms with Crippen molar-refractivity contribution in [2.75, 3.05) is 6.54 Å². The van der Waals surface area contributed by atoms with E-state index >= 15 is 0 Å². The van der Waals surface area contributed by atoms with Crippen molar-refractivity contribution in [3.63, 3.8) is 0 Å². The van der Waals surface area contributed by atoms with Crippen LogP contribution in [-0.4, -0.2) is 22.0 Å². The summed E-state index contributed by atoms with van der Waals surface area (Å²) >= 11 is 1.34. The fourth-order valence-electron chi connectivity index (χ4n) is 2.37. The number of benzene rings is 1. The Morgan fingerprint density at radius 3 is 2.87 bits per heavy atom. The highest BCUT2D eigenvalue weighted by Crippen LogP contribution is 2.14. The SMILES string of the molecule is C[C@H](CNC(=O)Cn1cnc2ccsc2c1=O)c1ccccc1. The topological polar surface area (TPSA) is 64.0 Å². The predicted octanol–water partition coefficient (Wildman–Crippen LogP) is 2.38. The van der Waals surface area contributed by atoms with Crippen LogP contribution in [0.2, 0.25) is 0 Å². The van der Waals surface area contributed by atoms with Crippen LogP contribution in [0.1, 0.15) is 18.4 Å². The van der Waals surface area contributed by atoms with Crippen LogP contribution in [0.3, 0.4) is 0 Å². The first kappa shape index (κ1) is 15.4. The molecule has 6 heteroatoms. The molecular weight excluding hydrogens is 310 g/mol. The number of aromatic nitrogens is 2. The first-order chi connectivity index (χ1) is 11.1. The highest BCUT2D eigenvalue weighted by Gasteiger charge is 2.11. The summed E-state index contributed by atoms with van der Waals surface area (Å²) in [6.07, 6.45) is 1.43. The van der Waals surface area contributed by atoms with E-state index in [0.29, 0.717) is 16.8 Å². The summed E-state index contributed by atoms with van der Waals surface area (Å²) in [4.78, 5) is 28.5. The molecule has 0 aliphatic heterocycles. The van der Waals surface area contributed by atoms with Crippen LogP contribution in [0.5, 0.6) is 0 Å². The second-order valence-corrected chi connectivity index (χ2v) is 6.34. The summed E-state index contributed by atoms with van der Waals surface area (Å²) < 4.78 is 1.93. The lowest BCUT2D eigenvalue weighted by Gasteiger charge is -2.13. The van der Waals surface area contributed by atoms with Crippen LogP contribution in [-0.2, 0) is 11.3 Å². The van der Waals surface area contributed by atoms with Crippen molar-refractivity contribution < 1.29 is 4.79 Å². The van der Waals surface area contributed by atoms with Gasteiger partial charge in [0.2, 0.25) is 5.91 Å². The number of carbonyl (C=O) groups is 1. The molecule has 0 bridgehead atoms. The molecule has 0 saturated heterocycles. The lowest BCUT2D eigenvalue weighted by molar-refractivity contribution is -0.121. The zero-order valence-electron chi connectivity index (χ0n) is 12.7. The maximum Gasteiger partial charge on any atom is 0.271 e. The van der Waals surface area contributed by atoms with E-state index in [1.54, 1.807) is 6.07 Å². The number of hydrogen-bond donors (Lipinski definition) is 1. The van der Waals surface area contributed by atoms with Gasteiger partial charge in [-0.15, -0.1) is 11.3 Å². The number of nitrogens with one attached hydrogen (secondary N) is 1. The molecule has 5 nitrogen and oxygen atoms in total. The minimum absolute atomic E-state index is 0.0127. The van der Waals surface area contributed by atoms with E-state index in [-0.39, 0.29) is 23.9 Å². The highest BCUT2D eigenvalue weighted by atomic mass is 32.1. The van der Waals surface area contributed by atoms with E-state index in [9.17, 15) is 9.59 Å². The molecule has 2 aromatic heterocycles. The van der Waals surface area contributed by atoms with Crippen LogP contribution in [0.4, 0.5) is 0 Å². The zero-order valence-corrected chi connectivity index (χ0v) is 13.5.